The summed E-state index contributed by atoms with van der Waals surface area (Å²) in [7, 11) is 0. The van der Waals surface area contributed by atoms with Crippen LogP contribution in [0, 0.1) is 0 Å². The monoisotopic (exact) mass is 450 g/mol. The van der Waals surface area contributed by atoms with Crippen LogP contribution in [0.5, 0.6) is 0 Å². The Kier molecular flexibility index (Phi) is 7.46. The molecule has 0 bridgehead atoms. The van der Waals surface area contributed by atoms with Crippen LogP contribution in [0.15, 0.2) is 12.5 Å². The third-order valence-electron chi connectivity index (χ3n) is 6.02. The molecule has 12 nitrogen and oxygen atoms in total. The van der Waals surface area contributed by atoms with E-state index >= 15 is 0 Å². The Balaban J connectivity index is 1.67. The number of H-pyrrole nitrogens is 1. The minimum absolute atomic E-state index is 0.240. The summed E-state index contributed by atoms with van der Waals surface area (Å²) in [5, 5.41) is 22.0. The van der Waals surface area contributed by atoms with Gasteiger partial charge >= 0.3 is 5.97 Å². The summed E-state index contributed by atoms with van der Waals surface area (Å²) in [5.74, 6) is -2.73. The summed E-state index contributed by atoms with van der Waals surface area (Å²) in [6.07, 6.45) is 3.91. The van der Waals surface area contributed by atoms with E-state index in [1.807, 2.05) is 0 Å². The molecule has 2 aliphatic heterocycles. The van der Waals surface area contributed by atoms with Crippen LogP contribution in [0.3, 0.4) is 0 Å². The first kappa shape index (κ1) is 23.7. The number of aliphatic hydroxyl groups excluding tert-OH is 1. The smallest absolute Gasteiger partial charge is 0.326 e. The minimum Gasteiger partial charge on any atom is -0.480 e. The second-order valence-corrected chi connectivity index (χ2v) is 8.33. The van der Waals surface area contributed by atoms with Gasteiger partial charge in [-0.3, -0.25) is 14.4 Å². The standard InChI is InChI=1S/C20H30N6O6/c1-11(27)16(19(30)26-7-3-5-15(26)20(31)32)24-17(28)14-4-2-6-25(14)18(29)13(21)8-12-9-22-10-23-12/h9-11,13-16,27H,2-8,21H2,1H3,(H,22,23)(H,24,28)(H,31,32). The number of nitrogens with zero attached hydrogens (tertiary/aromatic N) is 3. The summed E-state index contributed by atoms with van der Waals surface area (Å²) in [6, 6.07) is -3.97. The van der Waals surface area contributed by atoms with Crippen molar-refractivity contribution in [3.8, 4) is 0 Å². The van der Waals surface area contributed by atoms with Crippen molar-refractivity contribution in [1.29, 1.82) is 0 Å². The Morgan fingerprint density at radius 3 is 2.38 bits per heavy atom. The van der Waals surface area contributed by atoms with Crippen LogP contribution >= 0.6 is 0 Å². The van der Waals surface area contributed by atoms with Gasteiger partial charge in [-0.15, -0.1) is 0 Å². The zero-order chi connectivity index (χ0) is 23.4. The maximum Gasteiger partial charge on any atom is 0.326 e. The van der Waals surface area contributed by atoms with Gasteiger partial charge in [0.05, 0.1) is 18.5 Å². The molecular formula is C20H30N6O6. The molecule has 5 unspecified atom stereocenters. The van der Waals surface area contributed by atoms with Gasteiger partial charge in [-0.05, 0) is 32.6 Å². The quantitative estimate of drug-likeness (QED) is 0.308. The van der Waals surface area contributed by atoms with E-state index in [1.54, 1.807) is 6.20 Å². The fourth-order valence-electron chi connectivity index (χ4n) is 4.34. The van der Waals surface area contributed by atoms with E-state index in [-0.39, 0.29) is 18.9 Å². The Morgan fingerprint density at radius 2 is 1.81 bits per heavy atom. The van der Waals surface area contributed by atoms with Crippen molar-refractivity contribution in [2.75, 3.05) is 13.1 Å². The van der Waals surface area contributed by atoms with Crippen LogP contribution in [-0.4, -0.2) is 97.0 Å². The molecule has 2 fully saturated rings. The lowest BCUT2D eigenvalue weighted by Gasteiger charge is -2.31. The zero-order valence-electron chi connectivity index (χ0n) is 17.9. The second kappa shape index (κ2) is 10.1. The van der Waals surface area contributed by atoms with E-state index in [0.29, 0.717) is 37.9 Å². The lowest BCUT2D eigenvalue weighted by Crippen LogP contribution is -2.59. The summed E-state index contributed by atoms with van der Waals surface area (Å²) < 4.78 is 0. The molecule has 2 aliphatic rings. The predicted molar refractivity (Wildman–Crippen MR) is 111 cm³/mol. The van der Waals surface area contributed by atoms with Crippen molar-refractivity contribution in [1.82, 2.24) is 25.1 Å². The average Bonchev–Trinajstić information content (AvgIpc) is 3.51. The van der Waals surface area contributed by atoms with Crippen molar-refractivity contribution in [3.63, 3.8) is 0 Å². The number of carboxylic acid groups (broad SMARTS) is 1. The molecule has 0 aromatic carbocycles. The van der Waals surface area contributed by atoms with Crippen molar-refractivity contribution in [3.05, 3.63) is 18.2 Å². The predicted octanol–water partition coefficient (Wildman–Crippen LogP) is -1.79. The number of imidazole rings is 1. The van der Waals surface area contributed by atoms with E-state index in [0.717, 1.165) is 0 Å². The molecule has 5 atom stereocenters. The van der Waals surface area contributed by atoms with E-state index in [1.165, 1.54) is 23.1 Å². The fourth-order valence-corrected chi connectivity index (χ4v) is 4.34. The highest BCUT2D eigenvalue weighted by Crippen LogP contribution is 2.21. The normalized spacial score (nSPS) is 23.6. The Labute approximate surface area is 185 Å². The molecule has 0 radical (unpaired) electrons. The first-order chi connectivity index (χ1) is 15.2. The summed E-state index contributed by atoms with van der Waals surface area (Å²) in [5.41, 5.74) is 6.75. The summed E-state index contributed by atoms with van der Waals surface area (Å²) >= 11 is 0. The van der Waals surface area contributed by atoms with Crippen LogP contribution in [0.4, 0.5) is 0 Å². The van der Waals surface area contributed by atoms with Gasteiger partial charge < -0.3 is 36.0 Å². The third kappa shape index (κ3) is 5.07. The number of hydrogen-bond donors (Lipinski definition) is 5. The molecule has 3 amide bonds. The third-order valence-corrected chi connectivity index (χ3v) is 6.02. The Morgan fingerprint density at radius 1 is 1.19 bits per heavy atom. The molecule has 2 saturated heterocycles. The van der Waals surface area contributed by atoms with E-state index < -0.39 is 48.1 Å². The van der Waals surface area contributed by atoms with E-state index in [9.17, 15) is 29.4 Å². The van der Waals surface area contributed by atoms with E-state index in [4.69, 9.17) is 5.73 Å². The molecule has 6 N–H and O–H groups in total. The highest BCUT2D eigenvalue weighted by atomic mass is 16.4. The maximum absolute atomic E-state index is 13.0. The zero-order valence-corrected chi connectivity index (χ0v) is 17.9. The SMILES string of the molecule is CC(O)C(NC(=O)C1CCCN1C(=O)C(N)Cc1cnc[nH]1)C(=O)N1CCCC1C(=O)O. The first-order valence-corrected chi connectivity index (χ1v) is 10.8. The Bertz CT molecular complexity index is 844. The van der Waals surface area contributed by atoms with Gasteiger partial charge in [0.2, 0.25) is 17.7 Å². The van der Waals surface area contributed by atoms with Crippen LogP contribution in [-0.2, 0) is 25.6 Å². The highest BCUT2D eigenvalue weighted by molar-refractivity contribution is 5.95. The number of aromatic nitrogens is 2. The number of amides is 3. The molecule has 32 heavy (non-hydrogen) atoms. The van der Waals surface area contributed by atoms with Gasteiger partial charge in [0.15, 0.2) is 0 Å². The maximum atomic E-state index is 13.0. The number of hydrogen-bond acceptors (Lipinski definition) is 7. The summed E-state index contributed by atoms with van der Waals surface area (Å²) in [4.78, 5) is 59.6. The van der Waals surface area contributed by atoms with Gasteiger partial charge in [0, 0.05) is 31.4 Å². The van der Waals surface area contributed by atoms with Crippen molar-refractivity contribution in [2.45, 2.75) is 69.3 Å². The van der Waals surface area contributed by atoms with Gasteiger partial charge in [-0.25, -0.2) is 9.78 Å². The van der Waals surface area contributed by atoms with Gasteiger partial charge in [0.1, 0.15) is 18.1 Å². The minimum atomic E-state index is -1.31. The number of carboxylic acids is 1. The Hall–Kier alpha value is -2.99. The second-order valence-electron chi connectivity index (χ2n) is 8.33. The molecule has 3 heterocycles. The van der Waals surface area contributed by atoms with Crippen molar-refractivity contribution < 1.29 is 29.4 Å². The highest BCUT2D eigenvalue weighted by Gasteiger charge is 2.42. The first-order valence-electron chi connectivity index (χ1n) is 10.8. The van der Waals surface area contributed by atoms with Crippen molar-refractivity contribution >= 4 is 23.7 Å². The lowest BCUT2D eigenvalue weighted by molar-refractivity contribution is -0.151. The molecule has 0 saturated carbocycles. The molecular weight excluding hydrogens is 420 g/mol. The number of nitrogens with one attached hydrogen (secondary N) is 2. The molecule has 3 rings (SSSR count). The lowest BCUT2D eigenvalue weighted by atomic mass is 10.1. The van der Waals surface area contributed by atoms with Crippen LogP contribution in [0.1, 0.15) is 38.3 Å². The number of rotatable bonds is 8. The molecule has 0 spiro atoms. The average molecular weight is 450 g/mol. The van der Waals surface area contributed by atoms with E-state index in [2.05, 4.69) is 15.3 Å². The molecule has 12 heteroatoms. The van der Waals surface area contributed by atoms with Gasteiger partial charge in [0.25, 0.3) is 0 Å². The molecule has 1 aromatic rings. The molecule has 1 aromatic heterocycles. The number of carbonyl (C=O) groups excluding carboxylic acids is 3. The number of likely N-dealkylation sites (tertiary alicyclic amines) is 2. The fraction of sp³-hybridized carbons (Fsp3) is 0.650. The number of nitrogens with two attached hydrogens (primary N) is 1. The van der Waals surface area contributed by atoms with Crippen LogP contribution in [0.25, 0.3) is 0 Å². The topological polar surface area (TPSA) is 182 Å². The van der Waals surface area contributed by atoms with Crippen LogP contribution in [0.2, 0.25) is 0 Å². The van der Waals surface area contributed by atoms with Crippen molar-refractivity contribution in [2.24, 2.45) is 5.73 Å². The van der Waals surface area contributed by atoms with Gasteiger partial charge in [-0.1, -0.05) is 0 Å². The number of aromatic amines is 1. The molecule has 0 aliphatic carbocycles. The largest absolute Gasteiger partial charge is 0.480 e. The molecule has 176 valence electrons. The van der Waals surface area contributed by atoms with Gasteiger partial charge in [-0.2, -0.15) is 0 Å². The number of aliphatic hydroxyl groups is 1. The van der Waals surface area contributed by atoms with Crippen LogP contribution < -0.4 is 11.1 Å². The number of aliphatic carboxylic acids is 1. The number of carbonyl (C=O) groups is 4. The summed E-state index contributed by atoms with van der Waals surface area (Å²) in [6.45, 7) is 1.95.